The van der Waals surface area contributed by atoms with E-state index in [9.17, 15) is 0 Å². The van der Waals surface area contributed by atoms with Gasteiger partial charge in [-0.1, -0.05) is 6.08 Å². The summed E-state index contributed by atoms with van der Waals surface area (Å²) < 4.78 is 0. The van der Waals surface area contributed by atoms with E-state index in [1.54, 1.807) is 0 Å². The highest BCUT2D eigenvalue weighted by Gasteiger charge is 1.78. The Hall–Kier alpha value is -0.380. The first-order valence-electron chi connectivity index (χ1n) is 2.71. The summed E-state index contributed by atoms with van der Waals surface area (Å²) in [4.78, 5) is 0. The van der Waals surface area contributed by atoms with Gasteiger partial charge in [-0.05, 0) is 12.8 Å². The highest BCUT2D eigenvalue weighted by molar-refractivity contribution is 4.65. The number of hydrogen-bond donors (Lipinski definition) is 3. The van der Waals surface area contributed by atoms with E-state index in [4.69, 9.17) is 5.84 Å². The van der Waals surface area contributed by atoms with Crippen LogP contribution < -0.4 is 16.8 Å². The molecule has 0 aliphatic carbocycles. The van der Waals surface area contributed by atoms with E-state index >= 15 is 0 Å². The molecule has 3 nitrogen and oxygen atoms in total. The zero-order valence-corrected chi connectivity index (χ0v) is 4.98. The average molecular weight is 115 g/mol. The molecular formula is C5H13N3. The Balaban J connectivity index is 2.62. The van der Waals surface area contributed by atoms with Crippen molar-refractivity contribution < 1.29 is 0 Å². The first-order chi connectivity index (χ1) is 3.91. The number of nitrogens with one attached hydrogen (secondary N) is 2. The SMILES string of the molecule is C=CCCCNNN. The van der Waals surface area contributed by atoms with Crippen LogP contribution in [0.3, 0.4) is 0 Å². The minimum Gasteiger partial charge on any atom is -0.258 e. The molecule has 0 aromatic heterocycles. The standard InChI is InChI=1S/C5H13N3/c1-2-3-4-5-7-8-6/h2,7-8H,1,3-6H2. The van der Waals surface area contributed by atoms with Gasteiger partial charge in [0.1, 0.15) is 0 Å². The van der Waals surface area contributed by atoms with Crippen molar-refractivity contribution in [3.63, 3.8) is 0 Å². The Morgan fingerprint density at radius 1 is 1.62 bits per heavy atom. The quantitative estimate of drug-likeness (QED) is 0.203. The van der Waals surface area contributed by atoms with Crippen LogP contribution in [0.25, 0.3) is 0 Å². The molecule has 0 heterocycles. The van der Waals surface area contributed by atoms with E-state index < -0.39 is 0 Å². The summed E-state index contributed by atoms with van der Waals surface area (Å²) in [5.74, 6) is 4.92. The van der Waals surface area contributed by atoms with Gasteiger partial charge in [-0.3, -0.25) is 5.84 Å². The third-order valence-corrected chi connectivity index (χ3v) is 0.812. The van der Waals surface area contributed by atoms with Gasteiger partial charge in [0.15, 0.2) is 0 Å². The van der Waals surface area contributed by atoms with E-state index in [-0.39, 0.29) is 0 Å². The van der Waals surface area contributed by atoms with E-state index in [0.29, 0.717) is 0 Å². The van der Waals surface area contributed by atoms with E-state index in [0.717, 1.165) is 19.4 Å². The van der Waals surface area contributed by atoms with Crippen LogP contribution in [-0.4, -0.2) is 6.54 Å². The monoisotopic (exact) mass is 115 g/mol. The third-order valence-electron chi connectivity index (χ3n) is 0.812. The fourth-order valence-electron chi connectivity index (χ4n) is 0.407. The van der Waals surface area contributed by atoms with E-state index in [1.165, 1.54) is 0 Å². The summed E-state index contributed by atoms with van der Waals surface area (Å²) in [6.07, 6.45) is 4.00. The van der Waals surface area contributed by atoms with Crippen LogP contribution in [0, 0.1) is 0 Å². The molecule has 0 radical (unpaired) electrons. The number of rotatable bonds is 5. The molecule has 0 aliphatic rings. The highest BCUT2D eigenvalue weighted by Crippen LogP contribution is 1.83. The second-order valence-corrected chi connectivity index (χ2v) is 1.50. The largest absolute Gasteiger partial charge is 0.258 e. The normalized spacial score (nSPS) is 9.12. The van der Waals surface area contributed by atoms with Gasteiger partial charge >= 0.3 is 0 Å². The Labute approximate surface area is 49.9 Å². The molecule has 0 saturated carbocycles. The van der Waals surface area contributed by atoms with Crippen molar-refractivity contribution in [3.05, 3.63) is 12.7 Å². The molecule has 0 spiro atoms. The lowest BCUT2D eigenvalue weighted by molar-refractivity contribution is 0.541. The zero-order chi connectivity index (χ0) is 6.24. The van der Waals surface area contributed by atoms with Gasteiger partial charge in [-0.15, -0.1) is 6.58 Å². The number of unbranched alkanes of at least 4 members (excludes halogenated alkanes) is 1. The molecule has 0 fully saturated rings. The summed E-state index contributed by atoms with van der Waals surface area (Å²) >= 11 is 0. The van der Waals surface area contributed by atoms with Gasteiger partial charge in [0.25, 0.3) is 0 Å². The Morgan fingerprint density at radius 3 is 2.88 bits per heavy atom. The number of allylic oxidation sites excluding steroid dienone is 1. The van der Waals surface area contributed by atoms with Crippen molar-refractivity contribution in [1.82, 2.24) is 11.0 Å². The third kappa shape index (κ3) is 5.62. The minimum absolute atomic E-state index is 0.891. The van der Waals surface area contributed by atoms with Crippen LogP contribution in [0.1, 0.15) is 12.8 Å². The maximum Gasteiger partial charge on any atom is 0.0116 e. The molecule has 4 N–H and O–H groups in total. The highest BCUT2D eigenvalue weighted by atomic mass is 15.5. The van der Waals surface area contributed by atoms with Crippen LogP contribution in [-0.2, 0) is 0 Å². The lowest BCUT2D eigenvalue weighted by atomic mass is 10.3. The summed E-state index contributed by atoms with van der Waals surface area (Å²) in [7, 11) is 0. The van der Waals surface area contributed by atoms with Crippen molar-refractivity contribution in [3.8, 4) is 0 Å². The number of nitrogens with two attached hydrogens (primary N) is 1. The summed E-state index contributed by atoms with van der Waals surface area (Å²) in [6, 6.07) is 0. The van der Waals surface area contributed by atoms with Gasteiger partial charge in [-0.25, -0.2) is 5.43 Å². The van der Waals surface area contributed by atoms with Crippen LogP contribution in [0.15, 0.2) is 12.7 Å². The molecule has 8 heavy (non-hydrogen) atoms. The molecule has 0 rings (SSSR count). The fourth-order valence-corrected chi connectivity index (χ4v) is 0.407. The lowest BCUT2D eigenvalue weighted by Crippen LogP contribution is -2.38. The Kier molecular flexibility index (Phi) is 6.31. The first kappa shape index (κ1) is 7.62. The van der Waals surface area contributed by atoms with Crippen LogP contribution in [0.2, 0.25) is 0 Å². The van der Waals surface area contributed by atoms with Gasteiger partial charge in [-0.2, -0.15) is 5.53 Å². The summed E-state index contributed by atoms with van der Waals surface area (Å²) in [5, 5.41) is 0. The molecule has 0 amide bonds. The second kappa shape index (κ2) is 6.62. The Morgan fingerprint density at radius 2 is 2.38 bits per heavy atom. The predicted molar refractivity (Wildman–Crippen MR) is 34.8 cm³/mol. The molecule has 0 unspecified atom stereocenters. The molecule has 0 saturated heterocycles. The Bertz CT molecular complexity index is 53.6. The van der Waals surface area contributed by atoms with Crippen molar-refractivity contribution >= 4 is 0 Å². The van der Waals surface area contributed by atoms with Gasteiger partial charge < -0.3 is 0 Å². The van der Waals surface area contributed by atoms with Gasteiger partial charge in [0, 0.05) is 6.54 Å². The fraction of sp³-hybridized carbons (Fsp3) is 0.600. The molecule has 0 aromatic carbocycles. The van der Waals surface area contributed by atoms with Crippen molar-refractivity contribution in [2.24, 2.45) is 5.84 Å². The first-order valence-corrected chi connectivity index (χ1v) is 2.71. The zero-order valence-electron chi connectivity index (χ0n) is 4.98. The second-order valence-electron chi connectivity index (χ2n) is 1.50. The molecule has 0 atom stereocenters. The number of hydrazine groups is 2. The molecule has 3 heteroatoms. The van der Waals surface area contributed by atoms with Crippen LogP contribution in [0.4, 0.5) is 0 Å². The molecule has 0 aromatic rings. The number of hydrogen-bond acceptors (Lipinski definition) is 3. The molecular weight excluding hydrogens is 102 g/mol. The van der Waals surface area contributed by atoms with Crippen molar-refractivity contribution in [2.45, 2.75) is 12.8 Å². The molecule has 0 bridgehead atoms. The van der Waals surface area contributed by atoms with E-state index in [1.807, 2.05) is 6.08 Å². The smallest absolute Gasteiger partial charge is 0.0116 e. The summed E-state index contributed by atoms with van der Waals surface area (Å²) in [5.41, 5.74) is 5.11. The predicted octanol–water partition coefficient (Wildman–Crippen LogP) is -0.0795. The molecule has 48 valence electrons. The maximum absolute atomic E-state index is 4.92. The van der Waals surface area contributed by atoms with E-state index in [2.05, 4.69) is 17.5 Å². The minimum atomic E-state index is 0.891. The van der Waals surface area contributed by atoms with Gasteiger partial charge in [0.2, 0.25) is 0 Å². The molecule has 0 aliphatic heterocycles. The van der Waals surface area contributed by atoms with Crippen LogP contribution in [0.5, 0.6) is 0 Å². The summed E-state index contributed by atoms with van der Waals surface area (Å²) in [6.45, 7) is 4.47. The van der Waals surface area contributed by atoms with Crippen molar-refractivity contribution in [2.75, 3.05) is 6.54 Å². The maximum atomic E-state index is 4.92. The van der Waals surface area contributed by atoms with Gasteiger partial charge in [0.05, 0.1) is 0 Å². The topological polar surface area (TPSA) is 50.1 Å². The van der Waals surface area contributed by atoms with Crippen LogP contribution >= 0.6 is 0 Å². The average Bonchev–Trinajstić information content (AvgIpc) is 1.81. The van der Waals surface area contributed by atoms with Crippen molar-refractivity contribution in [1.29, 1.82) is 0 Å². The lowest BCUT2D eigenvalue weighted by Gasteiger charge is -1.97.